The van der Waals surface area contributed by atoms with Crippen molar-refractivity contribution >= 4 is 54.6 Å². The minimum atomic E-state index is 0.552. The van der Waals surface area contributed by atoms with Crippen molar-refractivity contribution in [1.82, 2.24) is 19.9 Å². The number of fused-ring (bicyclic) bond motifs is 8. The molecule has 0 aliphatic rings. The second kappa shape index (κ2) is 13.7. The van der Waals surface area contributed by atoms with Crippen LogP contribution in [-0.4, -0.2) is 19.9 Å². The Bertz CT molecular complexity index is 3590. The van der Waals surface area contributed by atoms with Gasteiger partial charge in [0.1, 0.15) is 16.7 Å². The Morgan fingerprint density at radius 2 is 0.867 bits per heavy atom. The van der Waals surface area contributed by atoms with Crippen LogP contribution >= 0.6 is 0 Å². The lowest BCUT2D eigenvalue weighted by atomic mass is 10.00. The van der Waals surface area contributed by atoms with Crippen molar-refractivity contribution in [3.05, 3.63) is 194 Å². The molecule has 0 N–H and O–H groups in total. The molecule has 0 aliphatic heterocycles. The first-order valence-corrected chi connectivity index (χ1v) is 19.9. The average molecular weight is 769 g/mol. The smallest absolute Gasteiger partial charge is 0.227 e. The van der Waals surface area contributed by atoms with Crippen molar-refractivity contribution in [2.24, 2.45) is 0 Å². The lowest BCUT2D eigenvalue weighted by Gasteiger charge is -2.10. The van der Waals surface area contributed by atoms with Crippen molar-refractivity contribution in [2.75, 3.05) is 0 Å². The Kier molecular flexibility index (Phi) is 7.74. The summed E-state index contributed by atoms with van der Waals surface area (Å²) < 4.78 is 13.1. The van der Waals surface area contributed by atoms with E-state index in [0.717, 1.165) is 88.3 Å². The molecular weight excluding hydrogens is 737 g/mol. The third-order valence-corrected chi connectivity index (χ3v) is 11.3. The van der Waals surface area contributed by atoms with Gasteiger partial charge < -0.3 is 8.83 Å². The van der Waals surface area contributed by atoms with E-state index >= 15 is 0 Å². The van der Waals surface area contributed by atoms with Gasteiger partial charge in [0.25, 0.3) is 0 Å². The maximum absolute atomic E-state index is 6.61. The molecule has 3 aromatic heterocycles. The molecule has 9 aromatic carbocycles. The molecule has 0 radical (unpaired) electrons. The quantitative estimate of drug-likeness (QED) is 0.168. The molecule has 0 atom stereocenters. The van der Waals surface area contributed by atoms with E-state index in [-0.39, 0.29) is 0 Å². The van der Waals surface area contributed by atoms with Gasteiger partial charge in [0.05, 0.1) is 0 Å². The van der Waals surface area contributed by atoms with Crippen molar-refractivity contribution in [2.45, 2.75) is 0 Å². The molecule has 0 unspecified atom stereocenters. The highest BCUT2D eigenvalue weighted by molar-refractivity contribution is 6.25. The van der Waals surface area contributed by atoms with Crippen molar-refractivity contribution in [3.63, 3.8) is 0 Å². The summed E-state index contributed by atoms with van der Waals surface area (Å²) in [5.74, 6) is 2.31. The minimum absolute atomic E-state index is 0.552. The van der Waals surface area contributed by atoms with Gasteiger partial charge in [0.2, 0.25) is 5.89 Å². The number of hydrogen-bond donors (Lipinski definition) is 0. The van der Waals surface area contributed by atoms with Gasteiger partial charge in [-0.05, 0) is 86.9 Å². The Labute approximate surface area is 344 Å². The van der Waals surface area contributed by atoms with E-state index in [1.165, 1.54) is 10.8 Å². The highest BCUT2D eigenvalue weighted by Crippen LogP contribution is 2.41. The summed E-state index contributed by atoms with van der Waals surface area (Å²) >= 11 is 0. The number of benzene rings is 9. The number of rotatable bonds is 6. The molecule has 60 heavy (non-hydrogen) atoms. The van der Waals surface area contributed by atoms with Crippen LogP contribution < -0.4 is 0 Å². The second-order valence-electron chi connectivity index (χ2n) is 15.0. The topological polar surface area (TPSA) is 77.8 Å². The third-order valence-electron chi connectivity index (χ3n) is 11.3. The molecule has 0 bridgehead atoms. The SMILES string of the molecule is c1ccc(-c2cccc(-c3nc(-c4ccc(-c5ccc6ccccc6c5)cc4)nc(-c4ccc5c(c4)oc4ccc6ccc7nc(-c8ccccc8)oc7c6c45)n3)c2)cc1. The van der Waals surface area contributed by atoms with Crippen LogP contribution in [0.2, 0.25) is 0 Å². The molecule has 0 spiro atoms. The molecular formula is C54H32N4O2. The van der Waals surface area contributed by atoms with E-state index < -0.39 is 0 Å². The highest BCUT2D eigenvalue weighted by Gasteiger charge is 2.19. The van der Waals surface area contributed by atoms with Gasteiger partial charge in [-0.3, -0.25) is 0 Å². The summed E-state index contributed by atoms with van der Waals surface area (Å²) in [5.41, 5.74) is 11.1. The number of hydrogen-bond acceptors (Lipinski definition) is 6. The van der Waals surface area contributed by atoms with Gasteiger partial charge in [-0.25, -0.2) is 19.9 Å². The van der Waals surface area contributed by atoms with Crippen LogP contribution in [0.4, 0.5) is 0 Å². The predicted molar refractivity (Wildman–Crippen MR) is 242 cm³/mol. The fourth-order valence-electron chi connectivity index (χ4n) is 8.32. The van der Waals surface area contributed by atoms with Crippen LogP contribution in [0.25, 0.3) is 122 Å². The molecule has 0 aliphatic carbocycles. The third kappa shape index (κ3) is 5.81. The summed E-state index contributed by atoms with van der Waals surface area (Å²) in [6, 6.07) is 66.6. The summed E-state index contributed by atoms with van der Waals surface area (Å²) in [4.78, 5) is 20.2. The average Bonchev–Trinajstić information content (AvgIpc) is 3.94. The zero-order valence-corrected chi connectivity index (χ0v) is 32.1. The summed E-state index contributed by atoms with van der Waals surface area (Å²) in [7, 11) is 0. The maximum atomic E-state index is 6.61. The van der Waals surface area contributed by atoms with Gasteiger partial charge >= 0.3 is 0 Å². The first-order valence-electron chi connectivity index (χ1n) is 19.9. The van der Waals surface area contributed by atoms with Gasteiger partial charge in [-0.2, -0.15) is 0 Å². The molecule has 6 nitrogen and oxygen atoms in total. The Hall–Kier alpha value is -8.22. The van der Waals surface area contributed by atoms with E-state index in [1.54, 1.807) is 0 Å². The largest absolute Gasteiger partial charge is 0.456 e. The second-order valence-corrected chi connectivity index (χ2v) is 15.0. The van der Waals surface area contributed by atoms with Gasteiger partial charge in [-0.1, -0.05) is 146 Å². The molecule has 0 saturated carbocycles. The van der Waals surface area contributed by atoms with Crippen LogP contribution in [0.15, 0.2) is 203 Å². The monoisotopic (exact) mass is 768 g/mol. The summed E-state index contributed by atoms with van der Waals surface area (Å²) in [5, 5.41) is 6.41. The van der Waals surface area contributed by atoms with E-state index in [2.05, 4.69) is 140 Å². The number of oxazole rings is 1. The van der Waals surface area contributed by atoms with Crippen molar-refractivity contribution in [1.29, 1.82) is 0 Å². The number of aromatic nitrogens is 4. The minimum Gasteiger partial charge on any atom is -0.456 e. The maximum Gasteiger partial charge on any atom is 0.227 e. The fourth-order valence-corrected chi connectivity index (χ4v) is 8.32. The fraction of sp³-hybridized carbons (Fsp3) is 0. The van der Waals surface area contributed by atoms with E-state index in [9.17, 15) is 0 Å². The zero-order valence-electron chi connectivity index (χ0n) is 32.1. The van der Waals surface area contributed by atoms with Gasteiger partial charge in [0.15, 0.2) is 23.1 Å². The lowest BCUT2D eigenvalue weighted by Crippen LogP contribution is -2.00. The molecule has 280 valence electrons. The van der Waals surface area contributed by atoms with Crippen LogP contribution in [0.3, 0.4) is 0 Å². The molecule has 0 amide bonds. The Morgan fingerprint density at radius 3 is 1.67 bits per heavy atom. The number of nitrogens with zero attached hydrogens (tertiary/aromatic N) is 4. The van der Waals surface area contributed by atoms with Crippen LogP contribution in [-0.2, 0) is 0 Å². The van der Waals surface area contributed by atoms with Gasteiger partial charge in [0, 0.05) is 38.4 Å². The van der Waals surface area contributed by atoms with Crippen LogP contribution in [0.1, 0.15) is 0 Å². The zero-order chi connectivity index (χ0) is 39.6. The molecule has 0 fully saturated rings. The number of furan rings is 1. The standard InChI is InChI=1S/C54H32N4O2/c1-3-10-33(11-4-1)40-16-9-17-42(31-40)52-56-51(37-21-18-35(19-22-37)41-23-20-34-12-7-8-15-39(34)30-41)57-53(58-52)43-24-27-44-47(32-43)59-46-29-26-36-25-28-45-50(48(36)49(44)46)60-54(55-45)38-13-5-2-6-14-38/h1-32H. The van der Waals surface area contributed by atoms with Crippen LogP contribution in [0.5, 0.6) is 0 Å². The van der Waals surface area contributed by atoms with Crippen molar-refractivity contribution in [3.8, 4) is 67.9 Å². The first-order chi connectivity index (χ1) is 29.7. The first kappa shape index (κ1) is 33.9. The Balaban J connectivity index is 0.994. The molecule has 12 rings (SSSR count). The Morgan fingerprint density at radius 1 is 0.300 bits per heavy atom. The summed E-state index contributed by atoms with van der Waals surface area (Å²) in [6.45, 7) is 0. The van der Waals surface area contributed by atoms with Crippen molar-refractivity contribution < 1.29 is 8.83 Å². The van der Waals surface area contributed by atoms with Gasteiger partial charge in [-0.15, -0.1) is 0 Å². The highest BCUT2D eigenvalue weighted by atomic mass is 16.3. The van der Waals surface area contributed by atoms with Crippen LogP contribution in [0, 0.1) is 0 Å². The van der Waals surface area contributed by atoms with E-state index in [1.807, 2.05) is 54.6 Å². The molecule has 12 aromatic rings. The molecule has 3 heterocycles. The van der Waals surface area contributed by atoms with E-state index in [0.29, 0.717) is 23.4 Å². The normalized spacial score (nSPS) is 11.7. The predicted octanol–water partition coefficient (Wildman–Crippen LogP) is 14.2. The lowest BCUT2D eigenvalue weighted by molar-refractivity contribution is 0.623. The molecule has 0 saturated heterocycles. The van der Waals surface area contributed by atoms with E-state index in [4.69, 9.17) is 28.8 Å². The summed E-state index contributed by atoms with van der Waals surface area (Å²) in [6.07, 6.45) is 0. The molecule has 6 heteroatoms.